The highest BCUT2D eigenvalue weighted by Gasteiger charge is 2.41. The molecule has 1 aliphatic rings. The van der Waals surface area contributed by atoms with E-state index in [9.17, 15) is 9.59 Å². The number of imidazole rings is 1. The van der Waals surface area contributed by atoms with E-state index in [0.29, 0.717) is 6.42 Å². The number of nitrogen functional groups attached to an aromatic ring is 1. The maximum absolute atomic E-state index is 12.4. The van der Waals surface area contributed by atoms with Gasteiger partial charge in [-0.2, -0.15) is 9.97 Å². The van der Waals surface area contributed by atoms with Crippen molar-refractivity contribution < 1.29 is 19.0 Å². The molecule has 30 heavy (non-hydrogen) atoms. The summed E-state index contributed by atoms with van der Waals surface area (Å²) >= 11 is 0. The first-order valence-corrected chi connectivity index (χ1v) is 9.73. The van der Waals surface area contributed by atoms with Gasteiger partial charge in [-0.3, -0.25) is 14.6 Å². The lowest BCUT2D eigenvalue weighted by Crippen LogP contribution is -2.26. The topological polar surface area (TPSA) is 134 Å². The predicted molar refractivity (Wildman–Crippen MR) is 108 cm³/mol. The maximum Gasteiger partial charge on any atom is 0.303 e. The number of hydrogen-bond donors (Lipinski definition) is 2. The summed E-state index contributed by atoms with van der Waals surface area (Å²) in [5, 5.41) is 0. The smallest absolute Gasteiger partial charge is 0.303 e. The zero-order valence-electron chi connectivity index (χ0n) is 16.7. The van der Waals surface area contributed by atoms with Gasteiger partial charge in [0.15, 0.2) is 17.4 Å². The fraction of sp³-hybridized carbons (Fsp3) is 0.400. The van der Waals surface area contributed by atoms with Crippen LogP contribution in [0.3, 0.4) is 0 Å². The fourth-order valence-corrected chi connectivity index (χ4v) is 3.56. The van der Waals surface area contributed by atoms with Crippen molar-refractivity contribution in [2.45, 2.75) is 51.7 Å². The van der Waals surface area contributed by atoms with Gasteiger partial charge in [-0.25, -0.2) is 4.57 Å². The Bertz CT molecular complexity index is 1110. The molecule has 10 heteroatoms. The van der Waals surface area contributed by atoms with E-state index in [1.165, 1.54) is 6.92 Å². The Kier molecular flexibility index (Phi) is 5.40. The van der Waals surface area contributed by atoms with Crippen molar-refractivity contribution in [1.29, 1.82) is 0 Å². The molecule has 0 unspecified atom stereocenters. The minimum absolute atomic E-state index is 0.0580. The van der Waals surface area contributed by atoms with Gasteiger partial charge in [0.2, 0.25) is 5.95 Å². The van der Waals surface area contributed by atoms with Crippen molar-refractivity contribution >= 4 is 23.1 Å². The van der Waals surface area contributed by atoms with E-state index in [-0.39, 0.29) is 35.8 Å². The minimum atomic E-state index is -0.747. The molecule has 3 atom stereocenters. The Balaban J connectivity index is 1.79. The van der Waals surface area contributed by atoms with Gasteiger partial charge in [0.1, 0.15) is 12.7 Å². The van der Waals surface area contributed by atoms with Gasteiger partial charge in [-0.1, -0.05) is 37.3 Å². The zero-order valence-corrected chi connectivity index (χ0v) is 16.7. The maximum atomic E-state index is 12.4. The summed E-state index contributed by atoms with van der Waals surface area (Å²) in [6.07, 6.45) is -0.207. The highest BCUT2D eigenvalue weighted by atomic mass is 16.6. The van der Waals surface area contributed by atoms with E-state index in [4.69, 9.17) is 19.9 Å². The number of esters is 1. The van der Waals surface area contributed by atoms with E-state index in [0.717, 1.165) is 12.0 Å². The molecule has 4 rings (SSSR count). The van der Waals surface area contributed by atoms with Crippen LogP contribution in [0.2, 0.25) is 0 Å². The molecule has 1 saturated heterocycles. The van der Waals surface area contributed by atoms with Crippen LogP contribution in [-0.2, 0) is 20.9 Å². The molecular weight excluding hydrogens is 390 g/mol. The second kappa shape index (κ2) is 8.15. The summed E-state index contributed by atoms with van der Waals surface area (Å²) in [4.78, 5) is 35.1. The quantitative estimate of drug-likeness (QED) is 0.585. The number of fused-ring (bicyclic) bond motifs is 1. The molecule has 0 saturated carbocycles. The number of aromatic nitrogens is 4. The van der Waals surface area contributed by atoms with Crippen LogP contribution in [0.15, 0.2) is 35.1 Å². The lowest BCUT2D eigenvalue weighted by molar-refractivity contribution is -0.152. The van der Waals surface area contributed by atoms with Gasteiger partial charge in [0, 0.05) is 13.3 Å². The number of carbonyl (C=O) groups excluding carboxylic acids is 1. The standard InChI is InChI=1S/C20H23N5O5/c1-3-13-9-14(29-11(2)26)18(30-13)25-16-15(17(27)24-19(21)23-16)22-20(25)28-10-12-7-5-4-6-8-12/h4-8,13-14,18H,3,9-10H2,1-2H3,(H3,21,23,24,27)/t13-,14-,18-/m1/s1. The molecule has 0 spiro atoms. The molecule has 158 valence electrons. The minimum Gasteiger partial charge on any atom is -0.460 e. The van der Waals surface area contributed by atoms with Gasteiger partial charge < -0.3 is 19.9 Å². The molecule has 1 fully saturated rings. The molecule has 2 aromatic heterocycles. The molecule has 3 heterocycles. The van der Waals surface area contributed by atoms with E-state index >= 15 is 0 Å². The third-order valence-corrected chi connectivity index (χ3v) is 4.92. The summed E-state index contributed by atoms with van der Waals surface area (Å²) in [6.45, 7) is 3.55. The van der Waals surface area contributed by atoms with Crippen LogP contribution in [0.4, 0.5) is 5.95 Å². The highest BCUT2D eigenvalue weighted by molar-refractivity contribution is 5.72. The number of nitrogens with zero attached hydrogens (tertiary/aromatic N) is 3. The Morgan fingerprint density at radius 3 is 2.80 bits per heavy atom. The van der Waals surface area contributed by atoms with Gasteiger partial charge in [-0.15, -0.1) is 0 Å². The number of ether oxygens (including phenoxy) is 3. The number of hydrogen-bond acceptors (Lipinski definition) is 8. The number of H-pyrrole nitrogens is 1. The Hall–Kier alpha value is -3.40. The lowest BCUT2D eigenvalue weighted by Gasteiger charge is -2.21. The molecule has 3 aromatic rings. The summed E-state index contributed by atoms with van der Waals surface area (Å²) < 4.78 is 19.1. The van der Waals surface area contributed by atoms with Crippen LogP contribution in [-0.4, -0.2) is 37.7 Å². The molecule has 10 nitrogen and oxygen atoms in total. The predicted octanol–water partition coefficient (Wildman–Crippen LogP) is 1.91. The molecule has 0 radical (unpaired) electrons. The van der Waals surface area contributed by atoms with Crippen LogP contribution < -0.4 is 16.0 Å². The van der Waals surface area contributed by atoms with Crippen LogP contribution in [0.25, 0.3) is 11.2 Å². The number of benzene rings is 1. The van der Waals surface area contributed by atoms with Crippen molar-refractivity contribution in [3.05, 3.63) is 46.2 Å². The summed E-state index contributed by atoms with van der Waals surface area (Å²) in [5.41, 5.74) is 6.47. The van der Waals surface area contributed by atoms with Crippen molar-refractivity contribution in [3.8, 4) is 6.01 Å². The van der Waals surface area contributed by atoms with Crippen molar-refractivity contribution in [2.24, 2.45) is 0 Å². The van der Waals surface area contributed by atoms with Gasteiger partial charge in [0.05, 0.1) is 6.10 Å². The van der Waals surface area contributed by atoms with Gasteiger partial charge in [0.25, 0.3) is 5.56 Å². The number of nitrogens with one attached hydrogen (secondary N) is 1. The summed E-state index contributed by atoms with van der Waals surface area (Å²) in [5.74, 6) is -0.482. The molecule has 3 N–H and O–H groups in total. The largest absolute Gasteiger partial charge is 0.460 e. The molecular formula is C20H23N5O5. The van der Waals surface area contributed by atoms with Crippen LogP contribution in [0.5, 0.6) is 6.01 Å². The average Bonchev–Trinajstić information content (AvgIpc) is 3.27. The first kappa shape index (κ1) is 19.9. The number of aromatic amines is 1. The van der Waals surface area contributed by atoms with E-state index in [1.54, 1.807) is 4.57 Å². The summed E-state index contributed by atoms with van der Waals surface area (Å²) in [6, 6.07) is 9.67. The van der Waals surface area contributed by atoms with Crippen molar-refractivity contribution in [1.82, 2.24) is 19.5 Å². The molecule has 1 aliphatic heterocycles. The number of nitrogens with two attached hydrogens (primary N) is 1. The first-order valence-electron chi connectivity index (χ1n) is 9.73. The van der Waals surface area contributed by atoms with E-state index in [2.05, 4.69) is 15.0 Å². The van der Waals surface area contributed by atoms with Crippen LogP contribution >= 0.6 is 0 Å². The van der Waals surface area contributed by atoms with Gasteiger partial charge >= 0.3 is 12.0 Å². The van der Waals surface area contributed by atoms with E-state index in [1.807, 2.05) is 37.3 Å². The third kappa shape index (κ3) is 3.86. The number of anilines is 1. The van der Waals surface area contributed by atoms with Gasteiger partial charge in [-0.05, 0) is 12.0 Å². The van der Waals surface area contributed by atoms with Crippen LogP contribution in [0.1, 0.15) is 38.5 Å². The van der Waals surface area contributed by atoms with Crippen LogP contribution in [0, 0.1) is 0 Å². The second-order valence-corrected chi connectivity index (χ2v) is 7.10. The molecule has 0 bridgehead atoms. The molecule has 1 aromatic carbocycles. The Morgan fingerprint density at radius 2 is 2.10 bits per heavy atom. The lowest BCUT2D eigenvalue weighted by atomic mass is 10.1. The monoisotopic (exact) mass is 413 g/mol. The zero-order chi connectivity index (χ0) is 21.3. The molecule has 0 aliphatic carbocycles. The second-order valence-electron chi connectivity index (χ2n) is 7.10. The normalized spacial score (nSPS) is 21.1. The number of rotatable bonds is 6. The first-order chi connectivity index (χ1) is 14.5. The average molecular weight is 413 g/mol. The Labute approximate surface area is 172 Å². The van der Waals surface area contributed by atoms with Crippen molar-refractivity contribution in [2.75, 3.05) is 5.73 Å². The van der Waals surface area contributed by atoms with E-state index < -0.39 is 23.9 Å². The highest BCUT2D eigenvalue weighted by Crippen LogP contribution is 2.37. The molecule has 0 amide bonds. The number of carbonyl (C=O) groups is 1. The van der Waals surface area contributed by atoms with Crippen molar-refractivity contribution in [3.63, 3.8) is 0 Å². The third-order valence-electron chi connectivity index (χ3n) is 4.92. The SMILES string of the molecule is CC[C@@H]1C[C@@H](OC(C)=O)[C@H](n2c(OCc3ccccc3)nc3c(=O)[nH]c(N)nc32)O1. The fourth-order valence-electron chi connectivity index (χ4n) is 3.56. The Morgan fingerprint density at radius 1 is 1.33 bits per heavy atom. The summed E-state index contributed by atoms with van der Waals surface area (Å²) in [7, 11) is 0.